The average molecular weight is 296 g/mol. The van der Waals surface area contributed by atoms with Gasteiger partial charge in [-0.1, -0.05) is 20.3 Å². The van der Waals surface area contributed by atoms with Crippen molar-refractivity contribution in [3.63, 3.8) is 0 Å². The smallest absolute Gasteiger partial charge is 0.337 e. The van der Waals surface area contributed by atoms with Crippen LogP contribution in [-0.2, 0) is 14.3 Å². The number of carbonyl (C=O) groups excluding carboxylic acids is 1. The van der Waals surface area contributed by atoms with Crippen molar-refractivity contribution < 1.29 is 24.5 Å². The second-order valence-corrected chi connectivity index (χ2v) is 7.18. The Bertz CT molecular complexity index is 499. The van der Waals surface area contributed by atoms with E-state index in [1.807, 2.05) is 6.92 Å². The normalized spacial score (nSPS) is 46.1. The molecule has 3 aliphatic rings. The van der Waals surface area contributed by atoms with Crippen LogP contribution in [0.2, 0.25) is 0 Å². The van der Waals surface area contributed by atoms with Gasteiger partial charge in [-0.05, 0) is 29.2 Å². The second kappa shape index (κ2) is 4.80. The van der Waals surface area contributed by atoms with Gasteiger partial charge in [0.05, 0.1) is 11.7 Å². The predicted octanol–water partition coefficient (Wildman–Crippen LogP) is 1.03. The van der Waals surface area contributed by atoms with Gasteiger partial charge in [0.25, 0.3) is 0 Å². The van der Waals surface area contributed by atoms with Crippen molar-refractivity contribution in [2.75, 3.05) is 20.3 Å². The Morgan fingerprint density at radius 2 is 2.10 bits per heavy atom. The molecule has 3 rings (SSSR count). The van der Waals surface area contributed by atoms with E-state index in [1.54, 1.807) is 0 Å². The van der Waals surface area contributed by atoms with E-state index < -0.39 is 12.2 Å². The van der Waals surface area contributed by atoms with Crippen molar-refractivity contribution in [1.82, 2.24) is 0 Å². The number of fused-ring (bicyclic) bond motifs is 2. The van der Waals surface area contributed by atoms with Gasteiger partial charge < -0.3 is 19.7 Å². The number of carbonyl (C=O) groups is 1. The minimum Gasteiger partial charge on any atom is -0.458 e. The van der Waals surface area contributed by atoms with Crippen LogP contribution in [0.25, 0.3) is 0 Å². The van der Waals surface area contributed by atoms with Crippen LogP contribution in [0.5, 0.6) is 0 Å². The second-order valence-electron chi connectivity index (χ2n) is 7.18. The Morgan fingerprint density at radius 1 is 1.38 bits per heavy atom. The molecule has 5 atom stereocenters. The quantitative estimate of drug-likeness (QED) is 0.745. The molecular formula is C16H24O5. The van der Waals surface area contributed by atoms with E-state index in [0.29, 0.717) is 5.57 Å². The molecule has 0 aromatic rings. The third-order valence-corrected chi connectivity index (χ3v) is 6.01. The maximum Gasteiger partial charge on any atom is 0.337 e. The van der Waals surface area contributed by atoms with E-state index >= 15 is 0 Å². The summed E-state index contributed by atoms with van der Waals surface area (Å²) in [5.41, 5.74) is 0.791. The van der Waals surface area contributed by atoms with E-state index in [2.05, 4.69) is 6.92 Å². The van der Waals surface area contributed by atoms with Crippen molar-refractivity contribution in [2.45, 2.75) is 45.3 Å². The van der Waals surface area contributed by atoms with E-state index in [-0.39, 0.29) is 35.9 Å². The molecule has 0 aromatic heterocycles. The number of ether oxygens (including phenoxy) is 2. The summed E-state index contributed by atoms with van der Waals surface area (Å²) >= 11 is 0. The topological polar surface area (TPSA) is 76.0 Å². The molecule has 0 bridgehead atoms. The van der Waals surface area contributed by atoms with Crippen molar-refractivity contribution in [3.05, 3.63) is 11.1 Å². The van der Waals surface area contributed by atoms with Gasteiger partial charge in [0.1, 0.15) is 12.7 Å². The van der Waals surface area contributed by atoms with Gasteiger partial charge in [0.2, 0.25) is 0 Å². The number of aliphatic hydroxyl groups excluding tert-OH is 2. The van der Waals surface area contributed by atoms with Gasteiger partial charge in [-0.3, -0.25) is 0 Å². The minimum atomic E-state index is -0.804. The van der Waals surface area contributed by atoms with E-state index in [4.69, 9.17) is 9.47 Å². The molecule has 0 amide bonds. The van der Waals surface area contributed by atoms with Crippen LogP contribution in [0.3, 0.4) is 0 Å². The molecule has 2 aliphatic carbocycles. The lowest BCUT2D eigenvalue weighted by molar-refractivity contribution is -0.147. The number of aliphatic hydroxyl groups is 2. The van der Waals surface area contributed by atoms with Gasteiger partial charge in [-0.15, -0.1) is 0 Å². The first-order valence-corrected chi connectivity index (χ1v) is 7.61. The summed E-state index contributed by atoms with van der Waals surface area (Å²) in [7, 11) is 1.51. The van der Waals surface area contributed by atoms with Crippen molar-refractivity contribution >= 4 is 5.97 Å². The molecule has 2 N–H and O–H groups in total. The number of cyclic esters (lactones) is 1. The highest BCUT2D eigenvalue weighted by molar-refractivity contribution is 5.93. The summed E-state index contributed by atoms with van der Waals surface area (Å²) in [5, 5.41) is 20.8. The number of hydrogen-bond acceptors (Lipinski definition) is 5. The molecule has 21 heavy (non-hydrogen) atoms. The summed E-state index contributed by atoms with van der Waals surface area (Å²) in [5.74, 6) is -0.506. The molecule has 0 aromatic carbocycles. The zero-order chi connectivity index (χ0) is 15.4. The van der Waals surface area contributed by atoms with Crippen molar-refractivity contribution in [3.8, 4) is 0 Å². The molecule has 0 spiro atoms. The van der Waals surface area contributed by atoms with E-state index in [1.165, 1.54) is 7.11 Å². The first kappa shape index (κ1) is 15.0. The third kappa shape index (κ3) is 1.84. The summed E-state index contributed by atoms with van der Waals surface area (Å²) in [6, 6.07) is 0. The van der Waals surface area contributed by atoms with Crippen LogP contribution in [-0.4, -0.2) is 48.7 Å². The molecule has 1 heterocycles. The summed E-state index contributed by atoms with van der Waals surface area (Å²) in [6.07, 6.45) is 1.28. The lowest BCUT2D eigenvalue weighted by Gasteiger charge is -2.57. The Hall–Kier alpha value is -0.910. The van der Waals surface area contributed by atoms with Crippen LogP contribution in [0, 0.1) is 16.7 Å². The first-order valence-electron chi connectivity index (χ1n) is 7.61. The Balaban J connectivity index is 2.17. The third-order valence-electron chi connectivity index (χ3n) is 6.01. The number of hydrogen-bond donors (Lipinski definition) is 2. The molecule has 0 saturated heterocycles. The van der Waals surface area contributed by atoms with Crippen molar-refractivity contribution in [2.24, 2.45) is 16.7 Å². The molecular weight excluding hydrogens is 272 g/mol. The summed E-state index contributed by atoms with van der Waals surface area (Å²) < 4.78 is 10.7. The van der Waals surface area contributed by atoms with E-state index in [9.17, 15) is 15.0 Å². The van der Waals surface area contributed by atoms with Gasteiger partial charge in [-0.25, -0.2) is 4.79 Å². The van der Waals surface area contributed by atoms with Crippen LogP contribution >= 0.6 is 0 Å². The molecule has 118 valence electrons. The van der Waals surface area contributed by atoms with Gasteiger partial charge in [0.15, 0.2) is 0 Å². The number of rotatable bonds is 2. The van der Waals surface area contributed by atoms with Gasteiger partial charge >= 0.3 is 5.97 Å². The van der Waals surface area contributed by atoms with Crippen LogP contribution in [0.15, 0.2) is 11.1 Å². The Kier molecular flexibility index (Phi) is 3.43. The zero-order valence-corrected chi connectivity index (χ0v) is 12.9. The SMILES string of the molecule is CO[C@H]1C2=C(COC2=O)[C@@]2(C)CCC[C@](C)(CO)[C@@H]2[C@@H]1O. The van der Waals surface area contributed by atoms with E-state index in [0.717, 1.165) is 24.8 Å². The molecule has 5 nitrogen and oxygen atoms in total. The maximum absolute atomic E-state index is 12.1. The van der Waals surface area contributed by atoms with Gasteiger partial charge in [0, 0.05) is 19.6 Å². The maximum atomic E-state index is 12.1. The minimum absolute atomic E-state index is 0.0260. The average Bonchev–Trinajstić information content (AvgIpc) is 2.82. The molecule has 0 radical (unpaired) electrons. The van der Waals surface area contributed by atoms with Gasteiger partial charge in [-0.2, -0.15) is 0 Å². The number of esters is 1. The highest BCUT2D eigenvalue weighted by Crippen LogP contribution is 2.60. The Morgan fingerprint density at radius 3 is 2.71 bits per heavy atom. The highest BCUT2D eigenvalue weighted by Gasteiger charge is 2.61. The molecule has 1 saturated carbocycles. The highest BCUT2D eigenvalue weighted by atomic mass is 16.5. The first-order chi connectivity index (χ1) is 9.89. The van der Waals surface area contributed by atoms with Crippen LogP contribution in [0.4, 0.5) is 0 Å². The largest absolute Gasteiger partial charge is 0.458 e. The Labute approximate surface area is 124 Å². The summed E-state index contributed by atoms with van der Waals surface area (Å²) in [6.45, 7) is 4.43. The fourth-order valence-corrected chi connectivity index (χ4v) is 5.02. The predicted molar refractivity (Wildman–Crippen MR) is 75.4 cm³/mol. The lowest BCUT2D eigenvalue weighted by Crippen LogP contribution is -2.59. The lowest BCUT2D eigenvalue weighted by atomic mass is 9.49. The fourth-order valence-electron chi connectivity index (χ4n) is 5.02. The van der Waals surface area contributed by atoms with Crippen molar-refractivity contribution in [1.29, 1.82) is 0 Å². The van der Waals surface area contributed by atoms with Crippen LogP contribution < -0.4 is 0 Å². The molecule has 0 unspecified atom stereocenters. The van der Waals surface area contributed by atoms with Crippen LogP contribution in [0.1, 0.15) is 33.1 Å². The zero-order valence-electron chi connectivity index (χ0n) is 12.9. The fraction of sp³-hybridized carbons (Fsp3) is 0.812. The molecule has 1 aliphatic heterocycles. The standard InChI is InChI=1S/C16H24O5/c1-15(8-17)5-4-6-16(2)9-7-21-14(19)10(9)12(20-3)11(18)13(15)16/h11-13,17-18H,4-8H2,1-3H3/t11-,12+,13+,15-,16-/m1/s1. The monoisotopic (exact) mass is 296 g/mol. The summed E-state index contributed by atoms with van der Waals surface area (Å²) in [4.78, 5) is 12.1. The number of methoxy groups -OCH3 is 1. The molecule has 1 fully saturated rings. The molecule has 5 heteroatoms.